The van der Waals surface area contributed by atoms with E-state index in [9.17, 15) is 13.2 Å². The van der Waals surface area contributed by atoms with E-state index < -0.39 is 17.5 Å². The molecule has 3 rings (SSSR count). The Hall–Kier alpha value is -2.13. The van der Waals surface area contributed by atoms with Gasteiger partial charge in [-0.15, -0.1) is 4.91 Å². The molecule has 1 aromatic carbocycles. The fraction of sp³-hybridized carbons (Fsp3) is 0.389. The van der Waals surface area contributed by atoms with Gasteiger partial charge in [0.25, 0.3) is 0 Å². The lowest BCUT2D eigenvalue weighted by atomic mass is 10.1. The van der Waals surface area contributed by atoms with E-state index in [1.807, 2.05) is 6.20 Å². The number of halogens is 3. The van der Waals surface area contributed by atoms with Gasteiger partial charge in [0.2, 0.25) is 0 Å². The van der Waals surface area contributed by atoms with Crippen molar-refractivity contribution in [1.29, 1.82) is 0 Å². The molecule has 2 aromatic rings. The molecule has 0 spiro atoms. The second-order valence-electron chi connectivity index (χ2n) is 6.06. The number of hydrogen-bond acceptors (Lipinski definition) is 6. The first kappa shape index (κ1) is 21.2. The summed E-state index contributed by atoms with van der Waals surface area (Å²) in [6.45, 7) is 4.04. The molecule has 1 aromatic heterocycles. The maximum atomic E-state index is 10.7. The smallest absolute Gasteiger partial charge is 0.366 e. The number of rotatable bonds is 4. The summed E-state index contributed by atoms with van der Waals surface area (Å²) in [6, 6.07) is 13.2. The van der Waals surface area contributed by atoms with E-state index >= 15 is 0 Å². The summed E-state index contributed by atoms with van der Waals surface area (Å²) in [5.74, 6) is 1.05. The van der Waals surface area contributed by atoms with E-state index in [1.165, 1.54) is 16.7 Å². The minimum Gasteiger partial charge on any atom is -0.366 e. The van der Waals surface area contributed by atoms with Crippen LogP contribution in [0.2, 0.25) is 0 Å². The van der Waals surface area contributed by atoms with Crippen molar-refractivity contribution in [3.05, 3.63) is 64.2 Å². The van der Waals surface area contributed by atoms with Crippen LogP contribution in [0.25, 0.3) is 0 Å². The molecule has 1 aliphatic rings. The predicted molar refractivity (Wildman–Crippen MR) is 102 cm³/mol. The fourth-order valence-corrected chi connectivity index (χ4v) is 2.84. The van der Waals surface area contributed by atoms with E-state index in [0.717, 1.165) is 31.7 Å². The van der Waals surface area contributed by atoms with Crippen molar-refractivity contribution < 1.29 is 13.2 Å². The summed E-state index contributed by atoms with van der Waals surface area (Å²) in [5, 5.41) is 7.13. The van der Waals surface area contributed by atoms with E-state index in [-0.39, 0.29) is 0 Å². The first-order valence-corrected chi connectivity index (χ1v) is 9.19. The van der Waals surface area contributed by atoms with Crippen LogP contribution in [0.3, 0.4) is 0 Å². The highest BCUT2D eigenvalue weighted by Gasteiger charge is 2.29. The van der Waals surface area contributed by atoms with Crippen molar-refractivity contribution in [2.24, 2.45) is 4.58 Å². The highest BCUT2D eigenvalue weighted by molar-refractivity contribution is 7.98. The van der Waals surface area contributed by atoms with Crippen LogP contribution in [0.4, 0.5) is 19.0 Å². The minimum atomic E-state index is -4.51. The third-order valence-corrected chi connectivity index (χ3v) is 4.37. The Morgan fingerprint density at radius 3 is 2.63 bits per heavy atom. The molecule has 0 saturated heterocycles. The minimum absolute atomic E-state index is 0.436. The molecule has 2 heterocycles. The van der Waals surface area contributed by atoms with Crippen LogP contribution in [0.5, 0.6) is 0 Å². The van der Waals surface area contributed by atoms with Crippen LogP contribution in [0.1, 0.15) is 23.1 Å². The number of hydrogen-bond donors (Lipinski definition) is 2. The molecule has 1 aliphatic heterocycles. The second-order valence-corrected chi connectivity index (χ2v) is 6.86. The SMILES string of the molecule is Cc1ccnc2c1CNCC(CCc1ccccc1)N2.O=NSC(F)(F)F. The van der Waals surface area contributed by atoms with Crippen molar-refractivity contribution in [3.8, 4) is 0 Å². The Kier molecular flexibility index (Phi) is 8.05. The van der Waals surface area contributed by atoms with Crippen LogP contribution < -0.4 is 10.6 Å². The van der Waals surface area contributed by atoms with Crippen LogP contribution in [-0.4, -0.2) is 23.1 Å². The Labute approximate surface area is 160 Å². The third-order valence-electron chi connectivity index (χ3n) is 4.09. The van der Waals surface area contributed by atoms with E-state index in [2.05, 4.69) is 58.9 Å². The number of alkyl halides is 3. The molecule has 0 amide bonds. The normalized spacial score (nSPS) is 16.2. The Morgan fingerprint density at radius 2 is 2.00 bits per heavy atom. The zero-order valence-electron chi connectivity index (χ0n) is 14.8. The lowest BCUT2D eigenvalue weighted by Gasteiger charge is -2.17. The van der Waals surface area contributed by atoms with Crippen molar-refractivity contribution in [3.63, 3.8) is 0 Å². The van der Waals surface area contributed by atoms with Crippen LogP contribution >= 0.6 is 11.9 Å². The molecule has 0 saturated carbocycles. The van der Waals surface area contributed by atoms with Gasteiger partial charge in [-0.25, -0.2) is 4.98 Å². The number of fused-ring (bicyclic) bond motifs is 1. The second kappa shape index (κ2) is 10.3. The van der Waals surface area contributed by atoms with Gasteiger partial charge < -0.3 is 10.6 Å². The van der Waals surface area contributed by atoms with Gasteiger partial charge in [0.05, 0.1) is 0 Å². The predicted octanol–water partition coefficient (Wildman–Crippen LogP) is 4.83. The average Bonchev–Trinajstić information content (AvgIpc) is 2.83. The molecule has 5 nitrogen and oxygen atoms in total. The van der Waals surface area contributed by atoms with Crippen molar-refractivity contribution in [2.75, 3.05) is 11.9 Å². The number of nitrogens with zero attached hydrogens (tertiary/aromatic N) is 2. The number of nitroso groups, excluding NO2 is 1. The largest absolute Gasteiger partial charge is 0.466 e. The molecule has 27 heavy (non-hydrogen) atoms. The number of aromatic nitrogens is 1. The number of anilines is 1. The Balaban J connectivity index is 0.000000321. The van der Waals surface area contributed by atoms with Crippen LogP contribution in [-0.2, 0) is 13.0 Å². The average molecular weight is 398 g/mol. The zero-order chi connectivity index (χ0) is 19.7. The maximum absolute atomic E-state index is 10.7. The standard InChI is InChI=1S/C17H21N3.CF3NOS/c1-13-9-10-19-17-16(13)12-18-11-15(20-17)8-7-14-5-3-2-4-6-14;2-1(3,4)7-5-6/h2-6,9-10,15,18H,7-8,11-12H2,1H3,(H,19,20);. The van der Waals surface area contributed by atoms with Crippen molar-refractivity contribution in [2.45, 2.75) is 37.9 Å². The molecule has 146 valence electrons. The lowest BCUT2D eigenvalue weighted by Crippen LogP contribution is -2.30. The lowest BCUT2D eigenvalue weighted by molar-refractivity contribution is -0.0327. The third kappa shape index (κ3) is 7.56. The van der Waals surface area contributed by atoms with E-state index in [4.69, 9.17) is 4.91 Å². The first-order valence-electron chi connectivity index (χ1n) is 8.42. The summed E-state index contributed by atoms with van der Waals surface area (Å²) >= 11 is -0.942. The number of aryl methyl sites for hydroxylation is 2. The molecule has 1 atom stereocenters. The number of nitrogens with one attached hydrogen (secondary N) is 2. The number of benzene rings is 1. The molecule has 0 aliphatic carbocycles. The zero-order valence-corrected chi connectivity index (χ0v) is 15.6. The van der Waals surface area contributed by atoms with Crippen molar-refractivity contribution >= 4 is 17.8 Å². The molecule has 1 unspecified atom stereocenters. The summed E-state index contributed by atoms with van der Waals surface area (Å²) in [6.07, 6.45) is 4.11. The van der Waals surface area contributed by atoms with Gasteiger partial charge >= 0.3 is 5.51 Å². The Morgan fingerprint density at radius 1 is 1.26 bits per heavy atom. The highest BCUT2D eigenvalue weighted by Crippen LogP contribution is 2.30. The molecule has 0 fully saturated rings. The number of pyridine rings is 1. The summed E-state index contributed by atoms with van der Waals surface area (Å²) in [5.41, 5.74) is -0.508. The molecular weight excluding hydrogens is 377 g/mol. The summed E-state index contributed by atoms with van der Waals surface area (Å²) in [7, 11) is 0. The van der Waals surface area contributed by atoms with E-state index in [0.29, 0.717) is 6.04 Å². The fourth-order valence-electron chi connectivity index (χ4n) is 2.75. The van der Waals surface area contributed by atoms with Gasteiger partial charge in [0.1, 0.15) is 17.8 Å². The molecular formula is C18H21F3N4OS. The molecule has 2 N–H and O–H groups in total. The van der Waals surface area contributed by atoms with Gasteiger partial charge in [-0.3, -0.25) is 0 Å². The van der Waals surface area contributed by atoms with Gasteiger partial charge in [0.15, 0.2) is 0 Å². The van der Waals surface area contributed by atoms with E-state index in [1.54, 1.807) is 4.58 Å². The summed E-state index contributed by atoms with van der Waals surface area (Å²) in [4.78, 5) is 13.3. The highest BCUT2D eigenvalue weighted by atomic mass is 32.2. The van der Waals surface area contributed by atoms with Gasteiger partial charge in [-0.2, -0.15) is 13.2 Å². The summed E-state index contributed by atoms with van der Waals surface area (Å²) < 4.78 is 33.7. The maximum Gasteiger partial charge on any atom is 0.466 e. The van der Waals surface area contributed by atoms with Crippen molar-refractivity contribution in [1.82, 2.24) is 10.3 Å². The van der Waals surface area contributed by atoms with Gasteiger partial charge in [0, 0.05) is 35.5 Å². The first-order chi connectivity index (χ1) is 12.9. The van der Waals surface area contributed by atoms with Crippen LogP contribution in [0.15, 0.2) is 47.2 Å². The molecule has 9 heteroatoms. The molecule has 0 radical (unpaired) electrons. The molecule has 0 bridgehead atoms. The quantitative estimate of drug-likeness (QED) is 0.571. The Bertz CT molecular complexity index is 728. The van der Waals surface area contributed by atoms with Gasteiger partial charge in [-0.1, -0.05) is 30.3 Å². The van der Waals surface area contributed by atoms with Crippen LogP contribution in [0, 0.1) is 11.8 Å². The van der Waals surface area contributed by atoms with Gasteiger partial charge in [-0.05, 0) is 37.0 Å². The topological polar surface area (TPSA) is 66.4 Å². The monoisotopic (exact) mass is 398 g/mol.